The predicted molar refractivity (Wildman–Crippen MR) is 76.8 cm³/mol. The van der Waals surface area contributed by atoms with E-state index in [-0.39, 0.29) is 6.04 Å². The molecule has 1 atom stereocenters. The molecule has 0 aromatic heterocycles. The highest BCUT2D eigenvalue weighted by Gasteiger charge is 2.25. The van der Waals surface area contributed by atoms with Crippen LogP contribution in [0.1, 0.15) is 44.7 Å². The summed E-state index contributed by atoms with van der Waals surface area (Å²) in [6.07, 6.45) is 3.20. The highest BCUT2D eigenvalue weighted by atomic mass is 35.5. The van der Waals surface area contributed by atoms with Gasteiger partial charge in [-0.2, -0.15) is 0 Å². The van der Waals surface area contributed by atoms with E-state index in [0.29, 0.717) is 22.7 Å². The number of fused-ring (bicyclic) bond motifs is 1. The second-order valence-electron chi connectivity index (χ2n) is 4.68. The Morgan fingerprint density at radius 2 is 2.06 bits per heavy atom. The lowest BCUT2D eigenvalue weighted by Crippen LogP contribution is -2.34. The van der Waals surface area contributed by atoms with Crippen LogP contribution in [0, 0.1) is 0 Å². The largest absolute Gasteiger partial charge is 0.492 e. The summed E-state index contributed by atoms with van der Waals surface area (Å²) in [6, 6.07) is 4.51. The molecule has 2 rings (SSSR count). The summed E-state index contributed by atoms with van der Waals surface area (Å²) in [6.45, 7) is 5.10. The summed E-state index contributed by atoms with van der Waals surface area (Å²) in [5.74, 6) is 0.788. The SMILES string of the molecule is CCC(CC)NC1CCOc2c(Cl)cc(Cl)cc21. The highest BCUT2D eigenvalue weighted by molar-refractivity contribution is 6.35. The van der Waals surface area contributed by atoms with Crippen molar-refractivity contribution in [3.63, 3.8) is 0 Å². The van der Waals surface area contributed by atoms with Gasteiger partial charge in [-0.1, -0.05) is 37.0 Å². The van der Waals surface area contributed by atoms with Gasteiger partial charge in [0.05, 0.1) is 11.6 Å². The molecule has 0 aliphatic carbocycles. The molecule has 0 saturated heterocycles. The summed E-state index contributed by atoms with van der Waals surface area (Å²) in [5.41, 5.74) is 1.09. The summed E-state index contributed by atoms with van der Waals surface area (Å²) < 4.78 is 5.66. The van der Waals surface area contributed by atoms with E-state index >= 15 is 0 Å². The summed E-state index contributed by atoms with van der Waals surface area (Å²) >= 11 is 12.3. The number of ether oxygens (including phenoxy) is 1. The molecular weight excluding hydrogens is 269 g/mol. The average molecular weight is 288 g/mol. The molecule has 1 N–H and O–H groups in total. The van der Waals surface area contributed by atoms with Gasteiger partial charge in [0.1, 0.15) is 5.75 Å². The van der Waals surface area contributed by atoms with Crippen LogP contribution in [0.3, 0.4) is 0 Å². The topological polar surface area (TPSA) is 21.3 Å². The molecule has 2 nitrogen and oxygen atoms in total. The first-order chi connectivity index (χ1) is 8.65. The number of halogens is 2. The lowest BCUT2D eigenvalue weighted by atomic mass is 9.98. The molecule has 4 heteroatoms. The third-order valence-corrected chi connectivity index (χ3v) is 3.99. The second kappa shape index (κ2) is 6.14. The first-order valence-electron chi connectivity index (χ1n) is 6.53. The lowest BCUT2D eigenvalue weighted by molar-refractivity contribution is 0.242. The van der Waals surface area contributed by atoms with Crippen molar-refractivity contribution in [2.24, 2.45) is 0 Å². The molecule has 18 heavy (non-hydrogen) atoms. The van der Waals surface area contributed by atoms with E-state index in [2.05, 4.69) is 19.2 Å². The fourth-order valence-electron chi connectivity index (χ4n) is 2.41. The van der Waals surface area contributed by atoms with E-state index in [4.69, 9.17) is 27.9 Å². The monoisotopic (exact) mass is 287 g/mol. The van der Waals surface area contributed by atoms with Crippen LogP contribution in [0.15, 0.2) is 12.1 Å². The zero-order chi connectivity index (χ0) is 13.1. The van der Waals surface area contributed by atoms with Crippen LogP contribution < -0.4 is 10.1 Å². The van der Waals surface area contributed by atoms with Gasteiger partial charge < -0.3 is 10.1 Å². The van der Waals surface area contributed by atoms with E-state index in [9.17, 15) is 0 Å². The van der Waals surface area contributed by atoms with Crippen molar-refractivity contribution >= 4 is 23.2 Å². The molecule has 1 aliphatic heterocycles. The molecule has 1 aromatic rings. The Bertz CT molecular complexity index is 419. The molecular formula is C14H19Cl2NO. The van der Waals surface area contributed by atoms with Gasteiger partial charge in [0.25, 0.3) is 0 Å². The van der Waals surface area contributed by atoms with Crippen molar-refractivity contribution < 1.29 is 4.74 Å². The molecule has 0 radical (unpaired) electrons. The van der Waals surface area contributed by atoms with Gasteiger partial charge in [0.2, 0.25) is 0 Å². The Balaban J connectivity index is 2.27. The number of nitrogens with one attached hydrogen (secondary N) is 1. The van der Waals surface area contributed by atoms with Gasteiger partial charge >= 0.3 is 0 Å². The Morgan fingerprint density at radius 1 is 1.33 bits per heavy atom. The number of benzene rings is 1. The van der Waals surface area contributed by atoms with E-state index in [1.54, 1.807) is 6.07 Å². The molecule has 0 saturated carbocycles. The second-order valence-corrected chi connectivity index (χ2v) is 5.52. The smallest absolute Gasteiger partial charge is 0.142 e. The molecule has 100 valence electrons. The molecule has 0 bridgehead atoms. The van der Waals surface area contributed by atoms with Crippen LogP contribution in [0.25, 0.3) is 0 Å². The van der Waals surface area contributed by atoms with Gasteiger partial charge in [-0.3, -0.25) is 0 Å². The van der Waals surface area contributed by atoms with Crippen molar-refractivity contribution in [3.05, 3.63) is 27.7 Å². The summed E-state index contributed by atoms with van der Waals surface area (Å²) in [4.78, 5) is 0. The average Bonchev–Trinajstić information content (AvgIpc) is 2.36. The standard InChI is InChI=1S/C14H19Cl2NO/c1-3-10(4-2)17-13-5-6-18-14-11(13)7-9(15)8-12(14)16/h7-8,10,13,17H,3-6H2,1-2H3. The van der Waals surface area contributed by atoms with Crippen LogP contribution in [0.2, 0.25) is 10.0 Å². The first-order valence-corrected chi connectivity index (χ1v) is 7.29. The molecule has 1 unspecified atom stereocenters. The van der Waals surface area contributed by atoms with Gasteiger partial charge in [-0.05, 0) is 25.0 Å². The molecule has 1 aliphatic rings. The van der Waals surface area contributed by atoms with Crippen molar-refractivity contribution in [3.8, 4) is 5.75 Å². The van der Waals surface area contributed by atoms with Crippen molar-refractivity contribution in [1.82, 2.24) is 5.32 Å². The summed E-state index contributed by atoms with van der Waals surface area (Å²) in [7, 11) is 0. The highest BCUT2D eigenvalue weighted by Crippen LogP contribution is 2.40. The van der Waals surface area contributed by atoms with Gasteiger partial charge in [0, 0.05) is 29.1 Å². The fraction of sp³-hybridized carbons (Fsp3) is 0.571. The lowest BCUT2D eigenvalue weighted by Gasteiger charge is -2.30. The zero-order valence-corrected chi connectivity index (χ0v) is 12.3. The minimum atomic E-state index is 0.287. The Hall–Kier alpha value is -0.440. The van der Waals surface area contributed by atoms with E-state index in [0.717, 1.165) is 30.6 Å². The predicted octanol–water partition coefficient (Wildman–Crippen LogP) is 4.60. The molecule has 0 amide bonds. The number of hydrogen-bond donors (Lipinski definition) is 1. The van der Waals surface area contributed by atoms with Crippen LogP contribution in [0.4, 0.5) is 0 Å². The number of rotatable bonds is 4. The van der Waals surface area contributed by atoms with E-state index in [1.165, 1.54) is 0 Å². The zero-order valence-electron chi connectivity index (χ0n) is 10.8. The van der Waals surface area contributed by atoms with Gasteiger partial charge in [-0.25, -0.2) is 0 Å². The summed E-state index contributed by atoms with van der Waals surface area (Å²) in [5, 5.41) is 4.94. The minimum absolute atomic E-state index is 0.287. The Morgan fingerprint density at radius 3 is 2.72 bits per heavy atom. The quantitative estimate of drug-likeness (QED) is 0.874. The maximum absolute atomic E-state index is 6.18. The van der Waals surface area contributed by atoms with Gasteiger partial charge in [0.15, 0.2) is 0 Å². The number of hydrogen-bond acceptors (Lipinski definition) is 2. The molecule has 1 heterocycles. The van der Waals surface area contributed by atoms with E-state index < -0.39 is 0 Å². The third kappa shape index (κ3) is 2.93. The van der Waals surface area contributed by atoms with Gasteiger partial charge in [-0.15, -0.1) is 0 Å². The fourth-order valence-corrected chi connectivity index (χ4v) is 2.97. The van der Waals surface area contributed by atoms with Crippen molar-refractivity contribution in [2.45, 2.75) is 45.2 Å². The third-order valence-electron chi connectivity index (χ3n) is 3.49. The van der Waals surface area contributed by atoms with Crippen molar-refractivity contribution in [2.75, 3.05) is 6.61 Å². The van der Waals surface area contributed by atoms with E-state index in [1.807, 2.05) is 6.07 Å². The maximum atomic E-state index is 6.18. The van der Waals surface area contributed by atoms with Crippen LogP contribution in [-0.4, -0.2) is 12.6 Å². The normalized spacial score (nSPS) is 18.6. The maximum Gasteiger partial charge on any atom is 0.142 e. The Labute approximate surface area is 119 Å². The first kappa shape index (κ1) is 14.0. The van der Waals surface area contributed by atoms with Crippen molar-refractivity contribution in [1.29, 1.82) is 0 Å². The van der Waals surface area contributed by atoms with Crippen LogP contribution >= 0.6 is 23.2 Å². The van der Waals surface area contributed by atoms with Crippen LogP contribution in [0.5, 0.6) is 5.75 Å². The van der Waals surface area contributed by atoms with Crippen LogP contribution in [-0.2, 0) is 0 Å². The minimum Gasteiger partial charge on any atom is -0.492 e. The molecule has 0 fully saturated rings. The molecule has 1 aromatic carbocycles. The molecule has 0 spiro atoms. The Kier molecular flexibility index (Phi) is 4.77.